The number of hydrogen-bond acceptors (Lipinski definition) is 5. The second kappa shape index (κ2) is 5.83. The molecular formula is C11H11ClN4O4. The number of nitrogens with zero attached hydrogens (tertiary/aromatic N) is 3. The summed E-state index contributed by atoms with van der Waals surface area (Å²) in [5.41, 5.74) is -0.336. The van der Waals surface area contributed by atoms with Crippen LogP contribution in [-0.4, -0.2) is 46.3 Å². The number of carbonyl (C=O) groups is 2. The van der Waals surface area contributed by atoms with Crippen LogP contribution in [0.15, 0.2) is 12.3 Å². The van der Waals surface area contributed by atoms with Gasteiger partial charge in [0.1, 0.15) is 11.3 Å². The molecule has 9 heteroatoms. The van der Waals surface area contributed by atoms with Gasteiger partial charge in [0.15, 0.2) is 0 Å². The summed E-state index contributed by atoms with van der Waals surface area (Å²) >= 11 is 5.82. The van der Waals surface area contributed by atoms with Gasteiger partial charge in [0.2, 0.25) is 5.91 Å². The predicted molar refractivity (Wildman–Crippen MR) is 69.4 cm³/mol. The van der Waals surface area contributed by atoms with Crippen LogP contribution >= 0.6 is 11.6 Å². The fourth-order valence-electron chi connectivity index (χ4n) is 1.83. The van der Waals surface area contributed by atoms with Crippen molar-refractivity contribution in [3.8, 4) is 0 Å². The van der Waals surface area contributed by atoms with Crippen molar-refractivity contribution < 1.29 is 14.5 Å². The van der Waals surface area contributed by atoms with Crippen LogP contribution in [0.3, 0.4) is 0 Å². The van der Waals surface area contributed by atoms with Crippen LogP contribution < -0.4 is 5.32 Å². The lowest BCUT2D eigenvalue weighted by Crippen LogP contribution is -2.34. The molecule has 0 saturated carbocycles. The van der Waals surface area contributed by atoms with Crippen LogP contribution in [0.25, 0.3) is 0 Å². The average Bonchev–Trinajstić information content (AvgIpc) is 2.63. The van der Waals surface area contributed by atoms with Gasteiger partial charge in [-0.3, -0.25) is 19.7 Å². The molecule has 106 valence electrons. The quantitative estimate of drug-likeness (QED) is 0.489. The van der Waals surface area contributed by atoms with E-state index >= 15 is 0 Å². The third kappa shape index (κ3) is 3.02. The smallest absolute Gasteiger partial charge is 0.288 e. The molecule has 1 saturated heterocycles. The molecule has 0 atom stereocenters. The van der Waals surface area contributed by atoms with E-state index in [1.807, 2.05) is 0 Å². The Morgan fingerprint density at radius 1 is 1.50 bits per heavy atom. The van der Waals surface area contributed by atoms with Crippen molar-refractivity contribution >= 4 is 29.1 Å². The molecular weight excluding hydrogens is 288 g/mol. The summed E-state index contributed by atoms with van der Waals surface area (Å²) in [6, 6.07) is 1.10. The van der Waals surface area contributed by atoms with E-state index in [2.05, 4.69) is 10.3 Å². The molecule has 0 spiro atoms. The number of rotatable bonds is 2. The molecule has 2 rings (SSSR count). The van der Waals surface area contributed by atoms with E-state index in [1.54, 1.807) is 0 Å². The molecule has 20 heavy (non-hydrogen) atoms. The molecule has 1 fully saturated rings. The first-order valence-electron chi connectivity index (χ1n) is 5.85. The average molecular weight is 299 g/mol. The number of halogens is 1. The number of amides is 2. The van der Waals surface area contributed by atoms with Gasteiger partial charge in [-0.25, -0.2) is 4.98 Å². The monoisotopic (exact) mass is 298 g/mol. The summed E-state index contributed by atoms with van der Waals surface area (Å²) in [6.45, 7) is 0.901. The molecule has 8 nitrogen and oxygen atoms in total. The summed E-state index contributed by atoms with van der Waals surface area (Å²) in [5, 5.41) is 13.2. The van der Waals surface area contributed by atoms with Crippen LogP contribution in [0.4, 0.5) is 5.69 Å². The van der Waals surface area contributed by atoms with Gasteiger partial charge >= 0.3 is 0 Å². The van der Waals surface area contributed by atoms with Crippen molar-refractivity contribution in [1.82, 2.24) is 15.2 Å². The van der Waals surface area contributed by atoms with Crippen molar-refractivity contribution in [1.29, 1.82) is 0 Å². The first kappa shape index (κ1) is 14.2. The standard InChI is InChI=1S/C11H11ClN4O4/c12-10-8(5-7(6-14-10)16(19)20)11(18)15-3-1-9(17)13-2-4-15/h5-6H,1-4H2,(H,13,17). The third-order valence-corrected chi connectivity index (χ3v) is 3.17. The molecule has 2 amide bonds. The molecule has 0 bridgehead atoms. The van der Waals surface area contributed by atoms with Gasteiger partial charge in [-0.1, -0.05) is 11.6 Å². The summed E-state index contributed by atoms with van der Waals surface area (Å²) in [4.78, 5) is 38.6. The Morgan fingerprint density at radius 3 is 2.95 bits per heavy atom. The Balaban J connectivity index is 2.25. The molecule has 0 aliphatic carbocycles. The van der Waals surface area contributed by atoms with Crippen LogP contribution in [0.5, 0.6) is 0 Å². The van der Waals surface area contributed by atoms with Crippen molar-refractivity contribution in [2.75, 3.05) is 19.6 Å². The van der Waals surface area contributed by atoms with Gasteiger partial charge in [-0.05, 0) is 0 Å². The van der Waals surface area contributed by atoms with Crippen molar-refractivity contribution in [2.45, 2.75) is 6.42 Å². The zero-order chi connectivity index (χ0) is 14.7. The van der Waals surface area contributed by atoms with Gasteiger partial charge in [0.25, 0.3) is 11.6 Å². The van der Waals surface area contributed by atoms with E-state index in [1.165, 1.54) is 4.90 Å². The predicted octanol–water partition coefficient (Wildman–Crippen LogP) is 0.605. The van der Waals surface area contributed by atoms with Gasteiger partial charge < -0.3 is 10.2 Å². The number of nitro groups is 1. The van der Waals surface area contributed by atoms with E-state index in [4.69, 9.17) is 11.6 Å². The number of nitrogens with one attached hydrogen (secondary N) is 1. The normalized spacial score (nSPS) is 15.4. The molecule has 0 aromatic carbocycles. The SMILES string of the molecule is O=C1CCN(C(=O)c2cc([N+](=O)[O-])cnc2Cl)CCN1. The number of aromatic nitrogens is 1. The third-order valence-electron chi connectivity index (χ3n) is 2.87. The lowest BCUT2D eigenvalue weighted by molar-refractivity contribution is -0.385. The maximum absolute atomic E-state index is 12.3. The highest BCUT2D eigenvalue weighted by molar-refractivity contribution is 6.32. The maximum Gasteiger partial charge on any atom is 0.288 e. The molecule has 1 aliphatic heterocycles. The molecule has 1 N–H and O–H groups in total. The van der Waals surface area contributed by atoms with Crippen LogP contribution in [0.1, 0.15) is 16.8 Å². The lowest BCUT2D eigenvalue weighted by Gasteiger charge is -2.19. The number of hydrogen-bond donors (Lipinski definition) is 1. The highest BCUT2D eigenvalue weighted by Crippen LogP contribution is 2.21. The topological polar surface area (TPSA) is 105 Å². The van der Waals surface area contributed by atoms with E-state index in [0.29, 0.717) is 13.1 Å². The van der Waals surface area contributed by atoms with Crippen LogP contribution in [-0.2, 0) is 4.79 Å². The Morgan fingerprint density at radius 2 is 2.25 bits per heavy atom. The van der Waals surface area contributed by atoms with E-state index < -0.39 is 10.8 Å². The summed E-state index contributed by atoms with van der Waals surface area (Å²) < 4.78 is 0. The zero-order valence-corrected chi connectivity index (χ0v) is 11.1. The summed E-state index contributed by atoms with van der Waals surface area (Å²) in [5.74, 6) is -0.605. The summed E-state index contributed by atoms with van der Waals surface area (Å²) in [6.07, 6.45) is 1.18. The van der Waals surface area contributed by atoms with Crippen molar-refractivity contribution in [2.24, 2.45) is 0 Å². The van der Waals surface area contributed by atoms with Gasteiger partial charge in [-0.15, -0.1) is 0 Å². The van der Waals surface area contributed by atoms with Gasteiger partial charge in [-0.2, -0.15) is 0 Å². The molecule has 0 radical (unpaired) electrons. The summed E-state index contributed by atoms with van der Waals surface area (Å²) in [7, 11) is 0. The maximum atomic E-state index is 12.3. The Labute approximate surface area is 118 Å². The van der Waals surface area contributed by atoms with E-state index in [-0.39, 0.29) is 35.3 Å². The van der Waals surface area contributed by atoms with Crippen LogP contribution in [0.2, 0.25) is 5.15 Å². The highest BCUT2D eigenvalue weighted by Gasteiger charge is 2.24. The van der Waals surface area contributed by atoms with Crippen molar-refractivity contribution in [3.05, 3.63) is 33.1 Å². The molecule has 2 heterocycles. The van der Waals surface area contributed by atoms with Gasteiger partial charge in [0, 0.05) is 32.1 Å². The minimum Gasteiger partial charge on any atom is -0.354 e. The Bertz CT molecular complexity index is 578. The zero-order valence-electron chi connectivity index (χ0n) is 10.3. The van der Waals surface area contributed by atoms with Crippen molar-refractivity contribution in [3.63, 3.8) is 0 Å². The second-order valence-electron chi connectivity index (χ2n) is 4.18. The van der Waals surface area contributed by atoms with E-state index in [0.717, 1.165) is 12.3 Å². The second-order valence-corrected chi connectivity index (χ2v) is 4.54. The molecule has 1 aromatic heterocycles. The van der Waals surface area contributed by atoms with E-state index in [9.17, 15) is 19.7 Å². The first-order valence-corrected chi connectivity index (χ1v) is 6.22. The Kier molecular flexibility index (Phi) is 4.14. The first-order chi connectivity index (χ1) is 9.49. The molecule has 1 aromatic rings. The van der Waals surface area contributed by atoms with Gasteiger partial charge in [0.05, 0.1) is 10.5 Å². The van der Waals surface area contributed by atoms with Crippen LogP contribution in [0, 0.1) is 10.1 Å². The Hall–Kier alpha value is -2.22. The minimum atomic E-state index is -0.645. The highest BCUT2D eigenvalue weighted by atomic mass is 35.5. The largest absolute Gasteiger partial charge is 0.354 e. The minimum absolute atomic E-state index is 0.0322. The fourth-order valence-corrected chi connectivity index (χ4v) is 2.01. The number of carbonyl (C=O) groups excluding carboxylic acids is 2. The molecule has 0 unspecified atom stereocenters. The lowest BCUT2D eigenvalue weighted by atomic mass is 10.2. The number of pyridine rings is 1. The molecule has 1 aliphatic rings. The fraction of sp³-hybridized carbons (Fsp3) is 0.364.